The van der Waals surface area contributed by atoms with E-state index in [2.05, 4.69) is 25.8 Å². The van der Waals surface area contributed by atoms with Gasteiger partial charge in [-0.2, -0.15) is 0 Å². The maximum absolute atomic E-state index is 5.63. The summed E-state index contributed by atoms with van der Waals surface area (Å²) < 4.78 is 0. The molecule has 0 heterocycles. The van der Waals surface area contributed by atoms with E-state index in [1.807, 2.05) is 0 Å². The van der Waals surface area contributed by atoms with Crippen LogP contribution in [0.3, 0.4) is 0 Å². The maximum Gasteiger partial charge on any atom is 0.0275 e. The zero-order valence-corrected chi connectivity index (χ0v) is 7.22. The van der Waals surface area contributed by atoms with E-state index >= 15 is 0 Å². The highest BCUT2D eigenvalue weighted by molar-refractivity contribution is 4.91. The largest absolute Gasteiger partial charge is 0.329 e. The second-order valence-corrected chi connectivity index (χ2v) is 3.86. The number of hydrogen-bond acceptors (Lipinski definition) is 2. The van der Waals surface area contributed by atoms with Crippen LogP contribution in [0.1, 0.15) is 26.7 Å². The Bertz CT molecular complexity index is 116. The highest BCUT2D eigenvalue weighted by Crippen LogP contribution is 2.30. The molecule has 0 aromatic heterocycles. The first-order valence-corrected chi connectivity index (χ1v) is 4.01. The van der Waals surface area contributed by atoms with Gasteiger partial charge in [-0.3, -0.25) is 4.90 Å². The van der Waals surface area contributed by atoms with Crippen LogP contribution in [0.5, 0.6) is 0 Å². The second-order valence-electron chi connectivity index (χ2n) is 3.86. The molecule has 1 aliphatic carbocycles. The molecule has 1 saturated carbocycles. The molecular weight excluding hydrogens is 124 g/mol. The lowest BCUT2D eigenvalue weighted by molar-refractivity contribution is 0.155. The topological polar surface area (TPSA) is 29.3 Å². The van der Waals surface area contributed by atoms with Crippen molar-refractivity contribution >= 4 is 0 Å². The van der Waals surface area contributed by atoms with Crippen molar-refractivity contribution < 1.29 is 0 Å². The van der Waals surface area contributed by atoms with Gasteiger partial charge in [0.1, 0.15) is 0 Å². The summed E-state index contributed by atoms with van der Waals surface area (Å²) in [5, 5.41) is 0. The summed E-state index contributed by atoms with van der Waals surface area (Å²) in [6.45, 7) is 5.15. The molecule has 0 radical (unpaired) electrons. The number of rotatable bonds is 3. The van der Waals surface area contributed by atoms with Gasteiger partial charge in [0.15, 0.2) is 0 Å². The third-order valence-corrected chi connectivity index (χ3v) is 2.55. The van der Waals surface area contributed by atoms with E-state index in [1.54, 1.807) is 0 Å². The predicted molar refractivity (Wildman–Crippen MR) is 43.9 cm³/mol. The molecule has 0 amide bonds. The normalized spacial score (nSPS) is 20.1. The summed E-state index contributed by atoms with van der Waals surface area (Å²) in [6.07, 6.45) is 2.72. The monoisotopic (exact) mass is 142 g/mol. The van der Waals surface area contributed by atoms with E-state index in [0.29, 0.717) is 0 Å². The highest BCUT2D eigenvalue weighted by Gasteiger charge is 2.34. The van der Waals surface area contributed by atoms with Crippen LogP contribution >= 0.6 is 0 Å². The molecule has 0 saturated heterocycles. The lowest BCUT2D eigenvalue weighted by Crippen LogP contribution is -2.48. The fourth-order valence-corrected chi connectivity index (χ4v) is 1.10. The number of hydrogen-bond donors (Lipinski definition) is 1. The minimum absolute atomic E-state index is 0.196. The molecule has 0 spiro atoms. The van der Waals surface area contributed by atoms with Crippen LogP contribution in [0, 0.1) is 0 Å². The number of likely N-dealkylation sites (N-methyl/N-ethyl adjacent to an activating group) is 1. The first-order chi connectivity index (χ1) is 4.58. The average Bonchev–Trinajstić information content (AvgIpc) is 2.68. The Morgan fingerprint density at radius 3 is 2.30 bits per heavy atom. The summed E-state index contributed by atoms with van der Waals surface area (Å²) in [4.78, 5) is 2.40. The molecule has 0 aromatic rings. The van der Waals surface area contributed by atoms with E-state index in [1.165, 1.54) is 12.8 Å². The zero-order chi connectivity index (χ0) is 7.78. The summed E-state index contributed by atoms with van der Waals surface area (Å²) >= 11 is 0. The molecule has 60 valence electrons. The Labute approximate surface area is 63.4 Å². The summed E-state index contributed by atoms with van der Waals surface area (Å²) in [6, 6.07) is 0.818. The first kappa shape index (κ1) is 8.02. The number of nitrogens with zero attached hydrogens (tertiary/aromatic N) is 1. The Morgan fingerprint density at radius 2 is 2.00 bits per heavy atom. The van der Waals surface area contributed by atoms with Crippen molar-refractivity contribution in [2.24, 2.45) is 5.73 Å². The third kappa shape index (κ3) is 1.50. The fraction of sp³-hybridized carbons (Fsp3) is 1.00. The maximum atomic E-state index is 5.63. The van der Waals surface area contributed by atoms with Crippen LogP contribution in [-0.4, -0.2) is 30.1 Å². The van der Waals surface area contributed by atoms with Crippen LogP contribution in [0.25, 0.3) is 0 Å². The molecule has 0 atom stereocenters. The van der Waals surface area contributed by atoms with Gasteiger partial charge in [-0.25, -0.2) is 0 Å². The van der Waals surface area contributed by atoms with Crippen molar-refractivity contribution in [3.8, 4) is 0 Å². The van der Waals surface area contributed by atoms with Crippen LogP contribution < -0.4 is 5.73 Å². The molecule has 2 nitrogen and oxygen atoms in total. The molecule has 0 aromatic carbocycles. The summed E-state index contributed by atoms with van der Waals surface area (Å²) in [7, 11) is 2.17. The quantitative estimate of drug-likeness (QED) is 0.632. The van der Waals surface area contributed by atoms with E-state index in [4.69, 9.17) is 5.73 Å². The molecular formula is C8H18N2. The van der Waals surface area contributed by atoms with Crippen molar-refractivity contribution in [3.63, 3.8) is 0 Å². The third-order valence-electron chi connectivity index (χ3n) is 2.55. The average molecular weight is 142 g/mol. The van der Waals surface area contributed by atoms with E-state index < -0.39 is 0 Å². The lowest BCUT2D eigenvalue weighted by Gasteiger charge is -2.34. The Hall–Kier alpha value is -0.0800. The molecule has 0 bridgehead atoms. The van der Waals surface area contributed by atoms with Crippen molar-refractivity contribution in [1.29, 1.82) is 0 Å². The minimum atomic E-state index is 0.196. The Balaban J connectivity index is 2.43. The van der Waals surface area contributed by atoms with E-state index in [-0.39, 0.29) is 5.54 Å². The smallest absolute Gasteiger partial charge is 0.0275 e. The van der Waals surface area contributed by atoms with Crippen molar-refractivity contribution in [3.05, 3.63) is 0 Å². The molecule has 0 aliphatic heterocycles. The molecule has 1 aliphatic rings. The second kappa shape index (κ2) is 2.51. The van der Waals surface area contributed by atoms with Gasteiger partial charge < -0.3 is 5.73 Å². The van der Waals surface area contributed by atoms with E-state index in [0.717, 1.165) is 12.6 Å². The van der Waals surface area contributed by atoms with Gasteiger partial charge in [0.2, 0.25) is 0 Å². The SMILES string of the molecule is CN(C1CC1)C(C)(C)CN. The van der Waals surface area contributed by atoms with Gasteiger partial charge in [-0.1, -0.05) is 0 Å². The standard InChI is InChI=1S/C8H18N2/c1-8(2,6-9)10(3)7-4-5-7/h7H,4-6,9H2,1-3H3. The van der Waals surface area contributed by atoms with Crippen molar-refractivity contribution in [2.75, 3.05) is 13.6 Å². The highest BCUT2D eigenvalue weighted by atomic mass is 15.2. The van der Waals surface area contributed by atoms with Crippen molar-refractivity contribution in [1.82, 2.24) is 4.90 Å². The molecule has 1 rings (SSSR count). The van der Waals surface area contributed by atoms with Gasteiger partial charge in [-0.05, 0) is 33.7 Å². The fourth-order valence-electron chi connectivity index (χ4n) is 1.10. The van der Waals surface area contributed by atoms with Gasteiger partial charge in [0.25, 0.3) is 0 Å². The van der Waals surface area contributed by atoms with E-state index in [9.17, 15) is 0 Å². The summed E-state index contributed by atoms with van der Waals surface area (Å²) in [5.74, 6) is 0. The van der Waals surface area contributed by atoms with Crippen LogP contribution in [-0.2, 0) is 0 Å². The lowest BCUT2D eigenvalue weighted by atomic mass is 10.0. The Morgan fingerprint density at radius 1 is 1.50 bits per heavy atom. The van der Waals surface area contributed by atoms with Gasteiger partial charge in [-0.15, -0.1) is 0 Å². The van der Waals surface area contributed by atoms with Gasteiger partial charge in [0.05, 0.1) is 0 Å². The van der Waals surface area contributed by atoms with Gasteiger partial charge in [0, 0.05) is 18.1 Å². The molecule has 1 fully saturated rings. The zero-order valence-electron chi connectivity index (χ0n) is 7.22. The molecule has 2 heteroatoms. The van der Waals surface area contributed by atoms with Crippen LogP contribution in [0.4, 0.5) is 0 Å². The van der Waals surface area contributed by atoms with Crippen LogP contribution in [0.15, 0.2) is 0 Å². The van der Waals surface area contributed by atoms with Crippen molar-refractivity contribution in [2.45, 2.75) is 38.3 Å². The van der Waals surface area contributed by atoms with Crippen LogP contribution in [0.2, 0.25) is 0 Å². The number of nitrogens with two attached hydrogens (primary N) is 1. The Kier molecular flexibility index (Phi) is 2.02. The predicted octanol–water partition coefficient (Wildman–Crippen LogP) is 0.818. The minimum Gasteiger partial charge on any atom is -0.329 e. The molecule has 2 N–H and O–H groups in total. The molecule has 10 heavy (non-hydrogen) atoms. The summed E-state index contributed by atoms with van der Waals surface area (Å²) in [5.41, 5.74) is 5.83. The first-order valence-electron chi connectivity index (χ1n) is 4.01. The van der Waals surface area contributed by atoms with Gasteiger partial charge >= 0.3 is 0 Å². The molecule has 0 unspecified atom stereocenters.